The van der Waals surface area contributed by atoms with Gasteiger partial charge in [-0.3, -0.25) is 9.89 Å². The maximum atomic E-state index is 5.92. The van der Waals surface area contributed by atoms with Crippen LogP contribution in [0.4, 0.5) is 5.69 Å². The van der Waals surface area contributed by atoms with Gasteiger partial charge in [-0.25, -0.2) is 0 Å². The molecule has 1 aromatic carbocycles. The van der Waals surface area contributed by atoms with Crippen LogP contribution < -0.4 is 15.8 Å². The van der Waals surface area contributed by atoms with E-state index in [9.17, 15) is 0 Å². The fourth-order valence-corrected chi connectivity index (χ4v) is 2.23. The van der Waals surface area contributed by atoms with E-state index in [1.165, 1.54) is 0 Å². The molecule has 1 aliphatic heterocycles. The molecule has 0 amide bonds. The zero-order valence-electron chi connectivity index (χ0n) is 13.1. The molecule has 1 unspecified atom stereocenters. The lowest BCUT2D eigenvalue weighted by atomic mass is 10.2. The topological polar surface area (TPSA) is 72.1 Å². The Balaban J connectivity index is 0.00000242. The van der Waals surface area contributed by atoms with E-state index in [1.807, 2.05) is 24.3 Å². The summed E-state index contributed by atoms with van der Waals surface area (Å²) in [7, 11) is 1.64. The molecule has 0 saturated carbocycles. The first-order chi connectivity index (χ1) is 10.2. The Morgan fingerprint density at radius 2 is 2.00 bits per heavy atom. The average Bonchev–Trinajstić information content (AvgIpc) is 2.54. The minimum atomic E-state index is 0. The molecule has 124 valence electrons. The van der Waals surface area contributed by atoms with E-state index in [0.29, 0.717) is 18.5 Å². The summed E-state index contributed by atoms with van der Waals surface area (Å²) >= 11 is 0. The van der Waals surface area contributed by atoms with Crippen molar-refractivity contribution in [1.29, 1.82) is 0 Å². The first-order valence-electron chi connectivity index (χ1n) is 7.22. The molecular weight excluding hydrogens is 395 g/mol. The van der Waals surface area contributed by atoms with Gasteiger partial charge in [0.2, 0.25) is 0 Å². The molecule has 7 heteroatoms. The highest BCUT2D eigenvalue weighted by molar-refractivity contribution is 14.0. The van der Waals surface area contributed by atoms with Crippen LogP contribution in [0.15, 0.2) is 29.3 Å². The third-order valence-corrected chi connectivity index (χ3v) is 3.56. The number of rotatable bonds is 5. The molecule has 6 nitrogen and oxygen atoms in total. The first-order valence-corrected chi connectivity index (χ1v) is 7.22. The SMILES string of the molecule is COc1ccc(NC(N)=NCC(C)N2CCOCC2)cc1.I. The molecule has 1 aliphatic rings. The van der Waals surface area contributed by atoms with Crippen LogP contribution in [0.5, 0.6) is 5.75 Å². The summed E-state index contributed by atoms with van der Waals surface area (Å²) in [5.41, 5.74) is 6.82. The van der Waals surface area contributed by atoms with Gasteiger partial charge < -0.3 is 20.5 Å². The van der Waals surface area contributed by atoms with Crippen molar-refractivity contribution in [2.24, 2.45) is 10.7 Å². The summed E-state index contributed by atoms with van der Waals surface area (Å²) in [5, 5.41) is 3.08. The van der Waals surface area contributed by atoms with E-state index in [0.717, 1.165) is 37.7 Å². The van der Waals surface area contributed by atoms with Crippen LogP contribution in [-0.4, -0.2) is 56.9 Å². The van der Waals surface area contributed by atoms with Gasteiger partial charge in [0.15, 0.2) is 5.96 Å². The lowest BCUT2D eigenvalue weighted by Gasteiger charge is -2.31. The number of nitrogens with zero attached hydrogens (tertiary/aromatic N) is 2. The van der Waals surface area contributed by atoms with Gasteiger partial charge in [-0.15, -0.1) is 24.0 Å². The number of methoxy groups -OCH3 is 1. The van der Waals surface area contributed by atoms with Crippen LogP contribution in [0, 0.1) is 0 Å². The van der Waals surface area contributed by atoms with Gasteiger partial charge in [0, 0.05) is 24.8 Å². The molecule has 2 rings (SSSR count). The maximum Gasteiger partial charge on any atom is 0.193 e. The molecule has 0 spiro atoms. The van der Waals surface area contributed by atoms with Gasteiger partial charge in [-0.2, -0.15) is 0 Å². The largest absolute Gasteiger partial charge is 0.497 e. The highest BCUT2D eigenvalue weighted by Crippen LogP contribution is 2.14. The molecule has 1 fully saturated rings. The van der Waals surface area contributed by atoms with E-state index < -0.39 is 0 Å². The highest BCUT2D eigenvalue weighted by Gasteiger charge is 2.16. The van der Waals surface area contributed by atoms with E-state index in [4.69, 9.17) is 15.2 Å². The van der Waals surface area contributed by atoms with Crippen molar-refractivity contribution in [1.82, 2.24) is 4.90 Å². The van der Waals surface area contributed by atoms with Crippen LogP contribution >= 0.6 is 24.0 Å². The van der Waals surface area contributed by atoms with Gasteiger partial charge in [0.25, 0.3) is 0 Å². The number of aliphatic imine (C=N–C) groups is 1. The number of hydrogen-bond acceptors (Lipinski definition) is 4. The van der Waals surface area contributed by atoms with Gasteiger partial charge in [0.1, 0.15) is 5.75 Å². The summed E-state index contributed by atoms with van der Waals surface area (Å²) in [4.78, 5) is 6.78. The van der Waals surface area contributed by atoms with E-state index in [-0.39, 0.29) is 24.0 Å². The number of guanidine groups is 1. The van der Waals surface area contributed by atoms with Crippen molar-refractivity contribution in [3.8, 4) is 5.75 Å². The second-order valence-corrected chi connectivity index (χ2v) is 5.08. The van der Waals surface area contributed by atoms with Crippen molar-refractivity contribution in [2.45, 2.75) is 13.0 Å². The zero-order valence-corrected chi connectivity index (χ0v) is 15.4. The average molecular weight is 420 g/mol. The number of benzene rings is 1. The standard InChI is InChI=1S/C15H24N4O2.HI/c1-12(19-7-9-21-10-8-19)11-17-15(16)18-13-3-5-14(20-2)6-4-13;/h3-6,12H,7-11H2,1-2H3,(H3,16,17,18);1H. The maximum absolute atomic E-state index is 5.92. The minimum absolute atomic E-state index is 0. The monoisotopic (exact) mass is 420 g/mol. The Labute approximate surface area is 149 Å². The Morgan fingerprint density at radius 1 is 1.36 bits per heavy atom. The number of anilines is 1. The molecule has 0 bridgehead atoms. The van der Waals surface area contributed by atoms with Crippen molar-refractivity contribution in [2.75, 3.05) is 45.3 Å². The normalized spacial score (nSPS) is 17.5. The minimum Gasteiger partial charge on any atom is -0.497 e. The van der Waals surface area contributed by atoms with Crippen molar-refractivity contribution in [3.63, 3.8) is 0 Å². The number of nitrogens with two attached hydrogens (primary N) is 1. The summed E-state index contributed by atoms with van der Waals surface area (Å²) < 4.78 is 10.5. The van der Waals surface area contributed by atoms with Crippen molar-refractivity contribution >= 4 is 35.6 Å². The molecule has 3 N–H and O–H groups in total. The number of halogens is 1. The van der Waals surface area contributed by atoms with Gasteiger partial charge >= 0.3 is 0 Å². The molecule has 1 saturated heterocycles. The van der Waals surface area contributed by atoms with Crippen molar-refractivity contribution < 1.29 is 9.47 Å². The number of ether oxygens (including phenoxy) is 2. The fraction of sp³-hybridized carbons (Fsp3) is 0.533. The summed E-state index contributed by atoms with van der Waals surface area (Å²) in [6.07, 6.45) is 0. The Bertz CT molecular complexity index is 461. The number of nitrogens with one attached hydrogen (secondary N) is 1. The van der Waals surface area contributed by atoms with Gasteiger partial charge in [-0.05, 0) is 31.2 Å². The second kappa shape index (κ2) is 9.86. The molecule has 1 aromatic rings. The highest BCUT2D eigenvalue weighted by atomic mass is 127. The molecule has 1 heterocycles. The quantitative estimate of drug-likeness (QED) is 0.432. The smallest absolute Gasteiger partial charge is 0.193 e. The van der Waals surface area contributed by atoms with Gasteiger partial charge in [-0.1, -0.05) is 0 Å². The molecule has 0 radical (unpaired) electrons. The second-order valence-electron chi connectivity index (χ2n) is 5.08. The Kier molecular flexibility index (Phi) is 8.51. The third-order valence-electron chi connectivity index (χ3n) is 3.56. The van der Waals surface area contributed by atoms with E-state index in [1.54, 1.807) is 7.11 Å². The summed E-state index contributed by atoms with van der Waals surface area (Å²) in [6, 6.07) is 7.95. The van der Waals surface area contributed by atoms with Gasteiger partial charge in [0.05, 0.1) is 26.9 Å². The molecule has 0 aromatic heterocycles. The van der Waals surface area contributed by atoms with E-state index >= 15 is 0 Å². The summed E-state index contributed by atoms with van der Waals surface area (Å²) in [6.45, 7) is 6.36. The lowest BCUT2D eigenvalue weighted by molar-refractivity contribution is 0.0221. The fourth-order valence-electron chi connectivity index (χ4n) is 2.23. The third kappa shape index (κ3) is 5.98. The predicted octanol–water partition coefficient (Wildman–Crippen LogP) is 1.76. The number of morpholine rings is 1. The van der Waals surface area contributed by atoms with Crippen LogP contribution in [0.25, 0.3) is 0 Å². The van der Waals surface area contributed by atoms with Crippen LogP contribution in [0.2, 0.25) is 0 Å². The van der Waals surface area contributed by atoms with E-state index in [2.05, 4.69) is 22.1 Å². The molecule has 22 heavy (non-hydrogen) atoms. The van der Waals surface area contributed by atoms with Crippen LogP contribution in [-0.2, 0) is 4.74 Å². The molecular formula is C15H25IN4O2. The lowest BCUT2D eigenvalue weighted by Crippen LogP contribution is -2.43. The predicted molar refractivity (Wildman–Crippen MR) is 100 cm³/mol. The van der Waals surface area contributed by atoms with Crippen LogP contribution in [0.1, 0.15) is 6.92 Å². The van der Waals surface area contributed by atoms with Crippen molar-refractivity contribution in [3.05, 3.63) is 24.3 Å². The summed E-state index contributed by atoms with van der Waals surface area (Å²) in [5.74, 6) is 1.25. The Morgan fingerprint density at radius 3 is 2.59 bits per heavy atom. The Hall–Kier alpha value is -1.06. The van der Waals surface area contributed by atoms with Crippen LogP contribution in [0.3, 0.4) is 0 Å². The molecule has 1 atom stereocenters. The first kappa shape index (κ1) is 19.0. The zero-order chi connectivity index (χ0) is 15.1. The number of hydrogen-bond donors (Lipinski definition) is 2. The molecule has 0 aliphatic carbocycles.